The molecule has 0 saturated heterocycles. The molecule has 1 aliphatic rings. The van der Waals surface area contributed by atoms with Gasteiger partial charge in [0, 0.05) is 16.1 Å². The Labute approximate surface area is 127 Å². The number of ether oxygens (including phenoxy) is 1. The van der Waals surface area contributed by atoms with Crippen molar-refractivity contribution in [3.05, 3.63) is 42.0 Å². The molecular formula is C17H17BrO2. The Morgan fingerprint density at radius 1 is 1.25 bits per heavy atom. The van der Waals surface area contributed by atoms with Crippen LogP contribution in [0, 0.1) is 5.41 Å². The topological polar surface area (TPSA) is 26.3 Å². The lowest BCUT2D eigenvalue weighted by atomic mass is 10.0. The van der Waals surface area contributed by atoms with Gasteiger partial charge in [0.15, 0.2) is 5.78 Å². The van der Waals surface area contributed by atoms with E-state index in [1.165, 1.54) is 12.8 Å². The summed E-state index contributed by atoms with van der Waals surface area (Å²) in [6.45, 7) is 2.26. The zero-order chi connectivity index (χ0) is 14.2. The molecule has 104 valence electrons. The molecule has 0 aliphatic heterocycles. The van der Waals surface area contributed by atoms with Gasteiger partial charge in [0.1, 0.15) is 5.75 Å². The minimum absolute atomic E-state index is 0.0504. The van der Waals surface area contributed by atoms with Gasteiger partial charge in [-0.3, -0.25) is 4.79 Å². The first-order chi connectivity index (χ1) is 9.65. The quantitative estimate of drug-likeness (QED) is 0.591. The molecule has 1 aliphatic carbocycles. The van der Waals surface area contributed by atoms with Gasteiger partial charge in [-0.2, -0.15) is 0 Å². The molecule has 0 spiro atoms. The zero-order valence-electron chi connectivity index (χ0n) is 11.5. The smallest absolute Gasteiger partial charge is 0.163 e. The maximum atomic E-state index is 11.8. The maximum absolute atomic E-state index is 11.8. The van der Waals surface area contributed by atoms with Crippen molar-refractivity contribution >= 4 is 32.5 Å². The van der Waals surface area contributed by atoms with Crippen molar-refractivity contribution in [2.45, 2.75) is 19.8 Å². The van der Waals surface area contributed by atoms with Crippen molar-refractivity contribution < 1.29 is 9.53 Å². The lowest BCUT2D eigenvalue weighted by Crippen LogP contribution is -2.15. The second kappa shape index (κ2) is 5.21. The Kier molecular flexibility index (Phi) is 3.55. The second-order valence-corrected chi connectivity index (χ2v) is 6.20. The number of carbonyl (C=O) groups is 1. The summed E-state index contributed by atoms with van der Waals surface area (Å²) < 4.78 is 6.08. The number of halogens is 1. The van der Waals surface area contributed by atoms with Crippen LogP contribution >= 0.6 is 15.9 Å². The first-order valence-electron chi connectivity index (χ1n) is 6.87. The van der Waals surface area contributed by atoms with Gasteiger partial charge in [-0.05, 0) is 31.2 Å². The molecule has 2 aromatic rings. The monoisotopic (exact) mass is 332 g/mol. The van der Waals surface area contributed by atoms with Crippen LogP contribution in [0.2, 0.25) is 0 Å². The second-order valence-electron chi connectivity index (χ2n) is 5.64. The third-order valence-electron chi connectivity index (χ3n) is 4.02. The maximum Gasteiger partial charge on any atom is 0.163 e. The van der Waals surface area contributed by atoms with Gasteiger partial charge >= 0.3 is 0 Å². The highest BCUT2D eigenvalue weighted by Gasteiger charge is 2.42. The number of benzene rings is 2. The summed E-state index contributed by atoms with van der Waals surface area (Å²) in [7, 11) is 0. The lowest BCUT2D eigenvalue weighted by Gasteiger charge is -2.17. The Hall–Kier alpha value is -1.35. The molecule has 0 aromatic heterocycles. The number of Topliss-reactive ketones (excluding diaryl/α,β-unsaturated/α-hetero) is 1. The number of hydrogen-bond donors (Lipinski definition) is 0. The number of hydrogen-bond acceptors (Lipinski definition) is 2. The fourth-order valence-corrected chi connectivity index (χ4v) is 3.12. The first kappa shape index (κ1) is 13.6. The molecule has 0 unspecified atom stereocenters. The minimum Gasteiger partial charge on any atom is -0.492 e. The Morgan fingerprint density at radius 2 is 2.00 bits per heavy atom. The summed E-state index contributed by atoms with van der Waals surface area (Å²) >= 11 is 3.56. The molecule has 0 N–H and O–H groups in total. The van der Waals surface area contributed by atoms with Crippen molar-refractivity contribution in [1.82, 2.24) is 0 Å². The van der Waals surface area contributed by atoms with E-state index in [1.807, 2.05) is 36.4 Å². The summed E-state index contributed by atoms with van der Waals surface area (Å²) in [5.41, 5.74) is 0.944. The van der Waals surface area contributed by atoms with Crippen molar-refractivity contribution in [2.75, 3.05) is 11.9 Å². The highest BCUT2D eigenvalue weighted by Crippen LogP contribution is 2.47. The molecule has 0 radical (unpaired) electrons. The number of alkyl halides is 1. The van der Waals surface area contributed by atoms with Crippen LogP contribution in [0.25, 0.3) is 10.8 Å². The predicted octanol–water partition coefficient (Wildman–Crippen LogP) is 4.60. The van der Waals surface area contributed by atoms with Crippen LogP contribution in [0.1, 0.15) is 30.1 Å². The van der Waals surface area contributed by atoms with Crippen LogP contribution in [0.5, 0.6) is 5.75 Å². The average Bonchev–Trinajstić information content (AvgIpc) is 3.25. The predicted molar refractivity (Wildman–Crippen MR) is 84.9 cm³/mol. The van der Waals surface area contributed by atoms with Crippen LogP contribution in [0.15, 0.2) is 36.4 Å². The normalized spacial score (nSPS) is 16.1. The van der Waals surface area contributed by atoms with E-state index in [9.17, 15) is 4.79 Å². The van der Waals surface area contributed by atoms with Crippen LogP contribution in [0.4, 0.5) is 0 Å². The minimum atomic E-state index is 0.0504. The SMILES string of the molecule is CC(=O)c1ccc2ccccc2c1OCC1(CBr)CC1. The van der Waals surface area contributed by atoms with Gasteiger partial charge in [0.05, 0.1) is 12.2 Å². The molecule has 0 atom stereocenters. The average molecular weight is 333 g/mol. The van der Waals surface area contributed by atoms with Gasteiger partial charge in [-0.15, -0.1) is 0 Å². The molecule has 3 rings (SSSR count). The molecule has 0 bridgehead atoms. The van der Waals surface area contributed by atoms with E-state index in [1.54, 1.807) is 6.92 Å². The highest BCUT2D eigenvalue weighted by atomic mass is 79.9. The molecule has 2 nitrogen and oxygen atoms in total. The summed E-state index contributed by atoms with van der Waals surface area (Å²) in [6, 6.07) is 11.9. The van der Waals surface area contributed by atoms with Crippen LogP contribution in [-0.4, -0.2) is 17.7 Å². The van der Waals surface area contributed by atoms with E-state index in [-0.39, 0.29) is 11.2 Å². The Bertz CT molecular complexity index is 659. The van der Waals surface area contributed by atoms with Gasteiger partial charge in [0.25, 0.3) is 0 Å². The van der Waals surface area contributed by atoms with Gasteiger partial charge < -0.3 is 4.74 Å². The van der Waals surface area contributed by atoms with Crippen LogP contribution in [0.3, 0.4) is 0 Å². The van der Waals surface area contributed by atoms with Crippen molar-refractivity contribution in [1.29, 1.82) is 0 Å². The summed E-state index contributed by atoms with van der Waals surface area (Å²) in [4.78, 5) is 11.8. The van der Waals surface area contributed by atoms with E-state index in [2.05, 4.69) is 15.9 Å². The van der Waals surface area contributed by atoms with E-state index in [0.717, 1.165) is 21.9 Å². The van der Waals surface area contributed by atoms with Gasteiger partial charge in [0.2, 0.25) is 0 Å². The largest absolute Gasteiger partial charge is 0.492 e. The molecule has 1 saturated carbocycles. The van der Waals surface area contributed by atoms with E-state index in [0.29, 0.717) is 12.2 Å². The van der Waals surface area contributed by atoms with E-state index < -0.39 is 0 Å². The van der Waals surface area contributed by atoms with E-state index >= 15 is 0 Å². The molecule has 3 heteroatoms. The van der Waals surface area contributed by atoms with Gasteiger partial charge in [-0.25, -0.2) is 0 Å². The number of carbonyl (C=O) groups excluding carboxylic acids is 1. The van der Waals surface area contributed by atoms with E-state index in [4.69, 9.17) is 4.74 Å². The Balaban J connectivity index is 2.01. The van der Waals surface area contributed by atoms with Crippen molar-refractivity contribution in [3.8, 4) is 5.75 Å². The van der Waals surface area contributed by atoms with Crippen molar-refractivity contribution in [3.63, 3.8) is 0 Å². The Morgan fingerprint density at radius 3 is 2.65 bits per heavy atom. The number of fused-ring (bicyclic) bond motifs is 1. The zero-order valence-corrected chi connectivity index (χ0v) is 13.1. The molecule has 0 amide bonds. The summed E-state index contributed by atoms with van der Waals surface area (Å²) in [6.07, 6.45) is 2.39. The fraction of sp³-hybridized carbons (Fsp3) is 0.353. The highest BCUT2D eigenvalue weighted by molar-refractivity contribution is 9.09. The number of ketones is 1. The lowest BCUT2D eigenvalue weighted by molar-refractivity contribution is 0.101. The standard InChI is InChI=1S/C17H17BrO2/c1-12(19)14-7-6-13-4-2-3-5-15(13)16(14)20-11-17(10-18)8-9-17/h2-7H,8-11H2,1H3. The summed E-state index contributed by atoms with van der Waals surface area (Å²) in [5.74, 6) is 0.789. The molecule has 0 heterocycles. The third kappa shape index (κ3) is 2.47. The molecular weight excluding hydrogens is 316 g/mol. The van der Waals surface area contributed by atoms with Crippen molar-refractivity contribution in [2.24, 2.45) is 5.41 Å². The summed E-state index contributed by atoms with van der Waals surface area (Å²) in [5, 5.41) is 3.09. The first-order valence-corrected chi connectivity index (χ1v) is 7.99. The fourth-order valence-electron chi connectivity index (χ4n) is 2.39. The van der Waals surface area contributed by atoms with Gasteiger partial charge in [-0.1, -0.05) is 46.3 Å². The molecule has 20 heavy (non-hydrogen) atoms. The molecule has 1 fully saturated rings. The van der Waals surface area contributed by atoms with Crippen LogP contribution < -0.4 is 4.74 Å². The molecule has 2 aromatic carbocycles. The van der Waals surface area contributed by atoms with Crippen LogP contribution in [-0.2, 0) is 0 Å². The number of rotatable bonds is 5. The third-order valence-corrected chi connectivity index (χ3v) is 5.21.